The summed E-state index contributed by atoms with van der Waals surface area (Å²) in [5.74, 6) is -0.849. The highest BCUT2D eigenvalue weighted by atomic mass is 35.5. The predicted molar refractivity (Wildman–Crippen MR) is 185 cm³/mol. The van der Waals surface area contributed by atoms with Gasteiger partial charge in [0.2, 0.25) is 0 Å². The molecule has 0 saturated carbocycles. The van der Waals surface area contributed by atoms with Gasteiger partial charge in [0.05, 0.1) is 47.9 Å². The van der Waals surface area contributed by atoms with Gasteiger partial charge in [-0.1, -0.05) is 43.6 Å². The number of hydrazone groups is 1. The third kappa shape index (κ3) is 13.1. The lowest BCUT2D eigenvalue weighted by Crippen LogP contribution is -2.32. The fourth-order valence-corrected chi connectivity index (χ4v) is 4.91. The second kappa shape index (κ2) is 19.9. The third-order valence-corrected chi connectivity index (χ3v) is 7.75. The Balaban J connectivity index is 1.77. The highest BCUT2D eigenvalue weighted by Gasteiger charge is 2.33. The molecule has 10 nitrogen and oxygen atoms in total. The lowest BCUT2D eigenvalue weighted by Gasteiger charge is -2.23. The molecule has 49 heavy (non-hydrogen) atoms. The van der Waals surface area contributed by atoms with Gasteiger partial charge in [-0.25, -0.2) is 5.43 Å². The van der Waals surface area contributed by atoms with Gasteiger partial charge in [0.15, 0.2) is 0 Å². The predicted octanol–water partition coefficient (Wildman–Crippen LogP) is 6.19. The molecule has 0 radical (unpaired) electrons. The number of likely N-dealkylation sites (N-methyl/N-ethyl adjacent to an activating group) is 2. The number of hydrogen-bond donors (Lipinski definition) is 2. The highest BCUT2D eigenvalue weighted by molar-refractivity contribution is 6.31. The van der Waals surface area contributed by atoms with Crippen LogP contribution in [0.5, 0.6) is 5.75 Å². The first-order valence-corrected chi connectivity index (χ1v) is 16.2. The molecule has 3 aromatic carbocycles. The summed E-state index contributed by atoms with van der Waals surface area (Å²) in [5.41, 5.74) is 2.89. The largest absolute Gasteiger partial charge is 0.491 e. The Morgan fingerprint density at radius 2 is 1.69 bits per heavy atom. The molecule has 0 aliphatic rings. The molecule has 0 bridgehead atoms. The number of nitrogens with zero attached hydrogens (tertiary/aromatic N) is 3. The number of nitrogens with one attached hydrogen (secondary N) is 2. The molecule has 0 aromatic heterocycles. The number of ether oxygens (including phenoxy) is 3. The van der Waals surface area contributed by atoms with E-state index in [4.69, 9.17) is 25.8 Å². The third-order valence-electron chi connectivity index (χ3n) is 7.42. The van der Waals surface area contributed by atoms with Crippen LogP contribution in [0.1, 0.15) is 51.3 Å². The van der Waals surface area contributed by atoms with E-state index in [1.807, 2.05) is 13.1 Å². The van der Waals surface area contributed by atoms with E-state index < -0.39 is 28.6 Å². The number of rotatable bonds is 19. The zero-order chi connectivity index (χ0) is 35.8. The van der Waals surface area contributed by atoms with Gasteiger partial charge in [0.1, 0.15) is 12.4 Å². The van der Waals surface area contributed by atoms with Crippen LogP contribution < -0.4 is 15.5 Å². The van der Waals surface area contributed by atoms with Gasteiger partial charge < -0.3 is 29.3 Å². The Labute approximate surface area is 290 Å². The Kier molecular flexibility index (Phi) is 16.0. The van der Waals surface area contributed by atoms with Gasteiger partial charge >= 0.3 is 6.18 Å². The van der Waals surface area contributed by atoms with E-state index in [0.717, 1.165) is 50.1 Å². The van der Waals surface area contributed by atoms with Gasteiger partial charge in [0.25, 0.3) is 11.8 Å². The van der Waals surface area contributed by atoms with E-state index in [1.54, 1.807) is 31.4 Å². The van der Waals surface area contributed by atoms with Crippen molar-refractivity contribution in [2.24, 2.45) is 5.10 Å². The molecular formula is C35H43ClF3N5O5. The number of anilines is 1. The Hall–Kier alpha value is -4.01. The van der Waals surface area contributed by atoms with Crippen molar-refractivity contribution in [3.63, 3.8) is 0 Å². The summed E-state index contributed by atoms with van der Waals surface area (Å²) in [6, 6.07) is 15.0. The summed E-state index contributed by atoms with van der Waals surface area (Å²) < 4.78 is 55.9. The summed E-state index contributed by atoms with van der Waals surface area (Å²) in [7, 11) is 3.60. The fourth-order valence-electron chi connectivity index (χ4n) is 4.69. The monoisotopic (exact) mass is 705 g/mol. The number of carbonyl (C=O) groups is 2. The van der Waals surface area contributed by atoms with Crippen LogP contribution in [-0.2, 0) is 22.2 Å². The van der Waals surface area contributed by atoms with Crippen LogP contribution in [-0.4, -0.2) is 94.6 Å². The fraction of sp³-hybridized carbons (Fsp3) is 0.400. The van der Waals surface area contributed by atoms with Crippen LogP contribution in [0.3, 0.4) is 0 Å². The topological polar surface area (TPSA) is 105 Å². The zero-order valence-corrected chi connectivity index (χ0v) is 28.9. The maximum Gasteiger partial charge on any atom is 0.417 e. The van der Waals surface area contributed by atoms with Gasteiger partial charge in [-0.15, -0.1) is 0 Å². The molecule has 0 aliphatic heterocycles. The Morgan fingerprint density at radius 3 is 2.41 bits per heavy atom. The molecular weight excluding hydrogens is 663 g/mol. The van der Waals surface area contributed by atoms with Crippen LogP contribution in [0, 0.1) is 0 Å². The summed E-state index contributed by atoms with van der Waals surface area (Å²) in [6.45, 7) is 9.96. The molecule has 14 heteroatoms. The number of alkyl halides is 3. The molecule has 0 heterocycles. The lowest BCUT2D eigenvalue weighted by molar-refractivity contribution is -0.137. The number of methoxy groups -OCH3 is 1. The van der Waals surface area contributed by atoms with E-state index >= 15 is 0 Å². The van der Waals surface area contributed by atoms with Crippen molar-refractivity contribution >= 4 is 35.3 Å². The van der Waals surface area contributed by atoms with E-state index in [0.29, 0.717) is 31.1 Å². The molecule has 0 fully saturated rings. The molecule has 2 N–H and O–H groups in total. The van der Waals surface area contributed by atoms with Crippen molar-refractivity contribution in [1.82, 2.24) is 15.2 Å². The van der Waals surface area contributed by atoms with Crippen molar-refractivity contribution in [3.05, 3.63) is 93.5 Å². The molecule has 0 unspecified atom stereocenters. The number of carbonyl (C=O) groups excluding carboxylic acids is 2. The Morgan fingerprint density at radius 1 is 0.939 bits per heavy atom. The maximum atomic E-state index is 13.4. The minimum atomic E-state index is -4.66. The van der Waals surface area contributed by atoms with Crippen LogP contribution in [0.4, 0.5) is 18.9 Å². The summed E-state index contributed by atoms with van der Waals surface area (Å²) in [4.78, 5) is 31.2. The van der Waals surface area contributed by atoms with Gasteiger partial charge in [-0.05, 0) is 73.7 Å². The average molecular weight is 706 g/mol. The van der Waals surface area contributed by atoms with Gasteiger partial charge in [-0.3, -0.25) is 9.59 Å². The van der Waals surface area contributed by atoms with Gasteiger partial charge in [-0.2, -0.15) is 18.3 Å². The molecule has 0 saturated heterocycles. The number of amides is 2. The van der Waals surface area contributed by atoms with Crippen molar-refractivity contribution in [2.45, 2.75) is 26.6 Å². The van der Waals surface area contributed by atoms with Crippen LogP contribution in [0.25, 0.3) is 0 Å². The van der Waals surface area contributed by atoms with Crippen LogP contribution in [0.2, 0.25) is 5.02 Å². The maximum absolute atomic E-state index is 13.4. The number of hydrogen-bond acceptors (Lipinski definition) is 8. The first-order valence-electron chi connectivity index (χ1n) is 15.8. The molecule has 0 aliphatic carbocycles. The van der Waals surface area contributed by atoms with E-state index in [1.165, 1.54) is 18.2 Å². The number of halogens is 4. The van der Waals surface area contributed by atoms with Gasteiger partial charge in [0, 0.05) is 32.3 Å². The van der Waals surface area contributed by atoms with E-state index in [-0.39, 0.29) is 30.0 Å². The molecule has 0 spiro atoms. The minimum absolute atomic E-state index is 0.0164. The molecule has 3 aromatic rings. The van der Waals surface area contributed by atoms with E-state index in [2.05, 4.69) is 39.5 Å². The van der Waals surface area contributed by atoms with Crippen molar-refractivity contribution in [2.75, 3.05) is 72.1 Å². The first kappa shape index (κ1) is 39.4. The van der Waals surface area contributed by atoms with E-state index in [9.17, 15) is 22.8 Å². The standard InChI is InChI=1S/C35H43ClF3N5O5/c1-5-44(6-2)15-14-43(3)24-26-8-7-9-27(20-26)33(45)41-32-13-11-28(49-19-18-48-17-16-47-4)22-29(32)34(46)42-40-23-25-10-12-31(36)30(21-25)35(37,38)39/h7-13,20-23H,5-6,14-19,24H2,1-4H3,(H,41,45)(H,42,46)/b40-23+. The summed E-state index contributed by atoms with van der Waals surface area (Å²) >= 11 is 5.70. The summed E-state index contributed by atoms with van der Waals surface area (Å²) in [5, 5.41) is 6.17. The van der Waals surface area contributed by atoms with Crippen LogP contribution in [0.15, 0.2) is 65.8 Å². The normalized spacial score (nSPS) is 11.8. The lowest BCUT2D eigenvalue weighted by atomic mass is 10.1. The molecule has 0 atom stereocenters. The SMILES string of the molecule is CCN(CC)CCN(C)Cc1cccc(C(=O)Nc2ccc(OCCOCCOC)cc2C(=O)N/N=C/c2ccc(Cl)c(C(F)(F)F)c2)c1. The Bertz CT molecular complexity index is 1550. The van der Waals surface area contributed by atoms with Crippen molar-refractivity contribution in [1.29, 1.82) is 0 Å². The molecule has 266 valence electrons. The average Bonchev–Trinajstić information content (AvgIpc) is 3.07. The quantitative estimate of drug-likeness (QED) is 0.0871. The van der Waals surface area contributed by atoms with Crippen molar-refractivity contribution in [3.8, 4) is 5.75 Å². The summed E-state index contributed by atoms with van der Waals surface area (Å²) in [6.07, 6.45) is -3.60. The number of benzene rings is 3. The highest BCUT2D eigenvalue weighted by Crippen LogP contribution is 2.35. The molecule has 2 amide bonds. The second-order valence-electron chi connectivity index (χ2n) is 11.0. The first-order chi connectivity index (χ1) is 23.4. The second-order valence-corrected chi connectivity index (χ2v) is 11.4. The zero-order valence-electron chi connectivity index (χ0n) is 28.1. The smallest absolute Gasteiger partial charge is 0.417 e. The van der Waals surface area contributed by atoms with Crippen LogP contribution >= 0.6 is 11.6 Å². The minimum Gasteiger partial charge on any atom is -0.491 e. The molecule has 3 rings (SSSR count). The van der Waals surface area contributed by atoms with Crippen molar-refractivity contribution < 1.29 is 37.0 Å².